The monoisotopic (exact) mass is 398 g/mol. The van der Waals surface area contributed by atoms with E-state index in [1.54, 1.807) is 0 Å². The van der Waals surface area contributed by atoms with Gasteiger partial charge in [-0.1, -0.05) is 44.2 Å². The lowest BCUT2D eigenvalue weighted by Gasteiger charge is -2.32. The second-order valence-corrected chi connectivity index (χ2v) is 8.79. The maximum absolute atomic E-state index is 4.61. The van der Waals surface area contributed by atoms with E-state index in [0.29, 0.717) is 5.92 Å². The van der Waals surface area contributed by atoms with Gasteiger partial charge in [0.25, 0.3) is 0 Å². The molecule has 0 aliphatic carbocycles. The molecular formula is C23H38N6. The molecule has 160 valence electrons. The van der Waals surface area contributed by atoms with Gasteiger partial charge in [0, 0.05) is 57.6 Å². The summed E-state index contributed by atoms with van der Waals surface area (Å²) < 4.78 is 1.90. The standard InChI is InChI=1S/C23H38N6/c1-17(2)21-20(15-29(8)27-21)14-28(7)22(24-6)25-16-23(4,5)26-18(3)19-12-10-9-11-13-19/h9-13,15,17-18,26H,14,16H2,1-8H3,(H,24,25). The zero-order valence-electron chi connectivity index (χ0n) is 19.3. The van der Waals surface area contributed by atoms with Crippen LogP contribution in [0.15, 0.2) is 41.5 Å². The van der Waals surface area contributed by atoms with Crippen molar-refractivity contribution in [2.45, 2.75) is 58.7 Å². The maximum Gasteiger partial charge on any atom is 0.193 e. The number of aryl methyl sites for hydroxylation is 1. The van der Waals surface area contributed by atoms with Gasteiger partial charge in [-0.2, -0.15) is 5.10 Å². The zero-order valence-corrected chi connectivity index (χ0v) is 19.3. The quantitative estimate of drug-likeness (QED) is 0.526. The zero-order chi connectivity index (χ0) is 21.6. The number of hydrogen-bond donors (Lipinski definition) is 2. The van der Waals surface area contributed by atoms with Crippen molar-refractivity contribution >= 4 is 5.96 Å². The second kappa shape index (κ2) is 9.92. The Morgan fingerprint density at radius 3 is 2.45 bits per heavy atom. The first-order valence-corrected chi connectivity index (χ1v) is 10.4. The van der Waals surface area contributed by atoms with Crippen LogP contribution >= 0.6 is 0 Å². The van der Waals surface area contributed by atoms with Gasteiger partial charge in [0.2, 0.25) is 0 Å². The molecule has 6 heteroatoms. The van der Waals surface area contributed by atoms with E-state index in [9.17, 15) is 0 Å². The fourth-order valence-electron chi connectivity index (χ4n) is 3.64. The molecular weight excluding hydrogens is 360 g/mol. The van der Waals surface area contributed by atoms with Crippen molar-refractivity contribution in [1.29, 1.82) is 0 Å². The van der Waals surface area contributed by atoms with Crippen molar-refractivity contribution in [1.82, 2.24) is 25.3 Å². The minimum atomic E-state index is -0.0938. The Bertz CT molecular complexity index is 791. The first-order valence-electron chi connectivity index (χ1n) is 10.4. The van der Waals surface area contributed by atoms with Gasteiger partial charge in [0.15, 0.2) is 5.96 Å². The number of benzene rings is 1. The highest BCUT2D eigenvalue weighted by atomic mass is 15.3. The number of nitrogens with one attached hydrogen (secondary N) is 2. The third-order valence-electron chi connectivity index (χ3n) is 5.06. The van der Waals surface area contributed by atoms with Crippen LogP contribution in [0.1, 0.15) is 63.4 Å². The van der Waals surface area contributed by atoms with Crippen LogP contribution < -0.4 is 10.6 Å². The fraction of sp³-hybridized carbons (Fsp3) is 0.565. The molecule has 0 amide bonds. The highest BCUT2D eigenvalue weighted by molar-refractivity contribution is 5.79. The van der Waals surface area contributed by atoms with Crippen molar-refractivity contribution in [3.63, 3.8) is 0 Å². The number of rotatable bonds is 8. The molecule has 0 bridgehead atoms. The number of nitrogens with zero attached hydrogens (tertiary/aromatic N) is 4. The van der Waals surface area contributed by atoms with E-state index in [0.717, 1.165) is 24.7 Å². The molecule has 0 spiro atoms. The van der Waals surface area contributed by atoms with Gasteiger partial charge >= 0.3 is 0 Å². The van der Waals surface area contributed by atoms with Crippen molar-refractivity contribution in [2.24, 2.45) is 12.0 Å². The predicted molar refractivity (Wildman–Crippen MR) is 122 cm³/mol. The molecule has 1 unspecified atom stereocenters. The molecule has 0 radical (unpaired) electrons. The Balaban J connectivity index is 1.96. The van der Waals surface area contributed by atoms with Gasteiger partial charge in [-0.3, -0.25) is 9.67 Å². The third-order valence-corrected chi connectivity index (χ3v) is 5.06. The Morgan fingerprint density at radius 2 is 1.86 bits per heavy atom. The highest BCUT2D eigenvalue weighted by Crippen LogP contribution is 2.19. The number of hydrogen-bond acceptors (Lipinski definition) is 3. The molecule has 0 aliphatic rings. The molecule has 1 atom stereocenters. The van der Waals surface area contributed by atoms with E-state index in [4.69, 9.17) is 0 Å². The van der Waals surface area contributed by atoms with Gasteiger partial charge in [-0.05, 0) is 32.3 Å². The van der Waals surface area contributed by atoms with Crippen LogP contribution in [0, 0.1) is 0 Å². The molecule has 6 nitrogen and oxygen atoms in total. The fourth-order valence-corrected chi connectivity index (χ4v) is 3.64. The first-order chi connectivity index (χ1) is 13.6. The molecule has 2 rings (SSSR count). The predicted octanol–water partition coefficient (Wildman–Crippen LogP) is 3.68. The van der Waals surface area contributed by atoms with E-state index in [1.807, 2.05) is 18.8 Å². The number of guanidine groups is 1. The summed E-state index contributed by atoms with van der Waals surface area (Å²) in [6, 6.07) is 10.8. The smallest absolute Gasteiger partial charge is 0.193 e. The SMILES string of the molecule is CN=C(NCC(C)(C)NC(C)c1ccccc1)N(C)Cc1cn(C)nc1C(C)C. The van der Waals surface area contributed by atoms with Gasteiger partial charge in [-0.15, -0.1) is 0 Å². The number of aliphatic imine (C=N–C) groups is 1. The van der Waals surface area contributed by atoms with Crippen LogP contribution in [0.25, 0.3) is 0 Å². The normalized spacial score (nSPS) is 13.6. The van der Waals surface area contributed by atoms with E-state index in [1.165, 1.54) is 11.1 Å². The van der Waals surface area contributed by atoms with E-state index in [2.05, 4.69) is 104 Å². The summed E-state index contributed by atoms with van der Waals surface area (Å²) >= 11 is 0. The van der Waals surface area contributed by atoms with Gasteiger partial charge < -0.3 is 15.5 Å². The topological polar surface area (TPSA) is 57.5 Å². The molecule has 29 heavy (non-hydrogen) atoms. The summed E-state index contributed by atoms with van der Waals surface area (Å²) in [7, 11) is 5.88. The van der Waals surface area contributed by atoms with Crippen molar-refractivity contribution in [3.8, 4) is 0 Å². The highest BCUT2D eigenvalue weighted by Gasteiger charge is 2.22. The summed E-state index contributed by atoms with van der Waals surface area (Å²) in [5.74, 6) is 1.28. The van der Waals surface area contributed by atoms with Crippen molar-refractivity contribution < 1.29 is 0 Å². The van der Waals surface area contributed by atoms with Crippen LogP contribution in [0.3, 0.4) is 0 Å². The number of aromatic nitrogens is 2. The summed E-state index contributed by atoms with van der Waals surface area (Å²) in [4.78, 5) is 6.63. The summed E-state index contributed by atoms with van der Waals surface area (Å²) in [5.41, 5.74) is 3.58. The Labute approximate surface area is 176 Å². The average molecular weight is 399 g/mol. The summed E-state index contributed by atoms with van der Waals surface area (Å²) in [6.07, 6.45) is 2.10. The van der Waals surface area contributed by atoms with Crippen LogP contribution in [-0.4, -0.2) is 46.8 Å². The van der Waals surface area contributed by atoms with Gasteiger partial charge in [0.05, 0.1) is 5.69 Å². The van der Waals surface area contributed by atoms with Crippen molar-refractivity contribution in [2.75, 3.05) is 20.6 Å². The minimum Gasteiger partial charge on any atom is -0.354 e. The minimum absolute atomic E-state index is 0.0938. The Kier molecular flexibility index (Phi) is 7.85. The van der Waals surface area contributed by atoms with Crippen molar-refractivity contribution in [3.05, 3.63) is 53.3 Å². The molecule has 1 aromatic carbocycles. The summed E-state index contributed by atoms with van der Waals surface area (Å²) in [6.45, 7) is 12.5. The third kappa shape index (κ3) is 6.60. The van der Waals surface area contributed by atoms with E-state index in [-0.39, 0.29) is 11.6 Å². The van der Waals surface area contributed by atoms with Gasteiger partial charge in [-0.25, -0.2) is 0 Å². The average Bonchev–Trinajstić information content (AvgIpc) is 3.03. The Morgan fingerprint density at radius 1 is 1.21 bits per heavy atom. The lowest BCUT2D eigenvalue weighted by Crippen LogP contribution is -2.52. The van der Waals surface area contributed by atoms with Crippen LogP contribution in [0.2, 0.25) is 0 Å². The van der Waals surface area contributed by atoms with Crippen LogP contribution in [-0.2, 0) is 13.6 Å². The molecule has 2 N–H and O–H groups in total. The molecule has 0 saturated heterocycles. The molecule has 2 aromatic rings. The summed E-state index contributed by atoms with van der Waals surface area (Å²) in [5, 5.41) is 11.9. The Hall–Kier alpha value is -2.34. The second-order valence-electron chi connectivity index (χ2n) is 8.79. The first kappa shape index (κ1) is 22.9. The van der Waals surface area contributed by atoms with Gasteiger partial charge in [0.1, 0.15) is 0 Å². The molecule has 0 fully saturated rings. The largest absolute Gasteiger partial charge is 0.354 e. The molecule has 1 heterocycles. The van der Waals surface area contributed by atoms with Crippen LogP contribution in [0.5, 0.6) is 0 Å². The molecule has 0 aliphatic heterocycles. The lowest BCUT2D eigenvalue weighted by molar-refractivity contribution is 0.339. The van der Waals surface area contributed by atoms with Crippen LogP contribution in [0.4, 0.5) is 0 Å². The van der Waals surface area contributed by atoms with E-state index < -0.39 is 0 Å². The molecule has 0 saturated carbocycles. The lowest BCUT2D eigenvalue weighted by atomic mass is 10.0. The van der Waals surface area contributed by atoms with E-state index >= 15 is 0 Å². The molecule has 1 aromatic heterocycles. The maximum atomic E-state index is 4.61.